The highest BCUT2D eigenvalue weighted by atomic mass is 16.4. The van der Waals surface area contributed by atoms with Gasteiger partial charge < -0.3 is 48.2 Å². The monoisotopic (exact) mass is 520 g/mol. The number of carboxylic acids is 1. The molecule has 0 aliphatic rings. The number of imidazole rings is 2. The Hall–Kier alpha value is -4.80. The topological polar surface area (TPSA) is 294 Å². The van der Waals surface area contributed by atoms with Crippen LogP contribution in [0.4, 0.5) is 0 Å². The van der Waals surface area contributed by atoms with Crippen molar-refractivity contribution in [2.24, 2.45) is 17.2 Å². The van der Waals surface area contributed by atoms with Gasteiger partial charge in [-0.15, -0.1) is 0 Å². The van der Waals surface area contributed by atoms with Gasteiger partial charge in [-0.3, -0.25) is 24.0 Å². The first-order valence-corrected chi connectivity index (χ1v) is 10.9. The fourth-order valence-electron chi connectivity index (χ4n) is 3.19. The van der Waals surface area contributed by atoms with E-state index in [4.69, 9.17) is 17.2 Å². The SMILES string of the molecule is NC(=O)CC(NC(=O)C(Cc1cnc[nH]1)NC(=O)C(CC(N)=O)NC(=O)C(N)Cc1cnc[nH]1)C(=O)O. The summed E-state index contributed by atoms with van der Waals surface area (Å²) in [5.74, 6) is -6.15. The van der Waals surface area contributed by atoms with Crippen LogP contribution in [0.3, 0.4) is 0 Å². The second-order valence-corrected chi connectivity index (χ2v) is 8.03. The molecule has 17 heteroatoms. The Morgan fingerprint density at radius 1 is 0.757 bits per heavy atom. The number of hydrogen-bond donors (Lipinski definition) is 9. The van der Waals surface area contributed by atoms with Gasteiger partial charge in [-0.2, -0.15) is 0 Å². The van der Waals surface area contributed by atoms with Crippen molar-refractivity contribution in [3.05, 3.63) is 36.4 Å². The zero-order chi connectivity index (χ0) is 27.5. The van der Waals surface area contributed by atoms with Crippen molar-refractivity contribution in [3.8, 4) is 0 Å². The van der Waals surface area contributed by atoms with E-state index in [0.29, 0.717) is 11.4 Å². The smallest absolute Gasteiger partial charge is 0.326 e. The molecule has 12 N–H and O–H groups in total. The first kappa shape index (κ1) is 28.4. The number of aromatic amines is 2. The fraction of sp³-hybridized carbons (Fsp3) is 0.400. The van der Waals surface area contributed by atoms with Crippen LogP contribution in [0, 0.1) is 0 Å². The summed E-state index contributed by atoms with van der Waals surface area (Å²) in [6.07, 6.45) is 4.09. The predicted molar refractivity (Wildman–Crippen MR) is 124 cm³/mol. The highest BCUT2D eigenvalue weighted by molar-refractivity contribution is 5.96. The van der Waals surface area contributed by atoms with Gasteiger partial charge in [0.15, 0.2) is 0 Å². The highest BCUT2D eigenvalue weighted by Gasteiger charge is 2.32. The molecule has 17 nitrogen and oxygen atoms in total. The number of amides is 5. The maximum atomic E-state index is 13.0. The molecule has 0 spiro atoms. The number of hydrogen-bond acceptors (Lipinski definition) is 9. The van der Waals surface area contributed by atoms with Crippen LogP contribution in [0.15, 0.2) is 25.0 Å². The molecule has 0 bridgehead atoms. The van der Waals surface area contributed by atoms with Gasteiger partial charge in [0.25, 0.3) is 0 Å². The Kier molecular flexibility index (Phi) is 10.2. The first-order chi connectivity index (χ1) is 17.5. The minimum absolute atomic E-state index is 0.0536. The normalized spacial score (nSPS) is 14.0. The van der Waals surface area contributed by atoms with Crippen LogP contribution in [-0.2, 0) is 41.6 Å². The Bertz CT molecular complexity index is 1100. The van der Waals surface area contributed by atoms with E-state index in [1.165, 1.54) is 25.0 Å². The number of H-pyrrole nitrogens is 2. The van der Waals surface area contributed by atoms with Crippen molar-refractivity contribution >= 4 is 35.5 Å². The third-order valence-corrected chi connectivity index (χ3v) is 5.00. The molecular weight excluding hydrogens is 492 g/mol. The molecule has 0 aliphatic carbocycles. The lowest BCUT2D eigenvalue weighted by Crippen LogP contribution is -2.58. The third-order valence-electron chi connectivity index (χ3n) is 5.00. The second-order valence-electron chi connectivity index (χ2n) is 8.03. The Balaban J connectivity index is 2.17. The van der Waals surface area contributed by atoms with Gasteiger partial charge in [-0.1, -0.05) is 0 Å². The summed E-state index contributed by atoms with van der Waals surface area (Å²) in [5.41, 5.74) is 17.1. The summed E-state index contributed by atoms with van der Waals surface area (Å²) in [6.45, 7) is 0. The number of aliphatic carboxylic acids is 1. The quantitative estimate of drug-likeness (QED) is 0.108. The van der Waals surface area contributed by atoms with Crippen molar-refractivity contribution in [2.75, 3.05) is 0 Å². The molecule has 2 heterocycles. The lowest BCUT2D eigenvalue weighted by molar-refractivity contribution is -0.143. The van der Waals surface area contributed by atoms with E-state index in [0.717, 1.165) is 0 Å². The molecule has 4 unspecified atom stereocenters. The van der Waals surface area contributed by atoms with Gasteiger partial charge in [0.1, 0.15) is 18.1 Å². The average Bonchev–Trinajstić information content (AvgIpc) is 3.51. The van der Waals surface area contributed by atoms with E-state index in [1.807, 2.05) is 0 Å². The number of carbonyl (C=O) groups is 6. The molecule has 37 heavy (non-hydrogen) atoms. The first-order valence-electron chi connectivity index (χ1n) is 10.9. The highest BCUT2D eigenvalue weighted by Crippen LogP contribution is 2.04. The molecule has 2 rings (SSSR count). The summed E-state index contributed by atoms with van der Waals surface area (Å²) in [7, 11) is 0. The zero-order valence-electron chi connectivity index (χ0n) is 19.5. The molecule has 0 saturated heterocycles. The molecule has 4 atom stereocenters. The fourth-order valence-corrected chi connectivity index (χ4v) is 3.19. The number of primary amides is 2. The second kappa shape index (κ2) is 13.3. The molecule has 200 valence electrons. The Morgan fingerprint density at radius 2 is 1.22 bits per heavy atom. The minimum Gasteiger partial charge on any atom is -0.480 e. The maximum absolute atomic E-state index is 13.0. The predicted octanol–water partition coefficient (Wildman–Crippen LogP) is -4.46. The molecule has 0 aliphatic heterocycles. The van der Waals surface area contributed by atoms with E-state index in [1.54, 1.807) is 0 Å². The lowest BCUT2D eigenvalue weighted by Gasteiger charge is -2.24. The van der Waals surface area contributed by atoms with Gasteiger partial charge >= 0.3 is 5.97 Å². The molecule has 0 radical (unpaired) electrons. The molecule has 2 aromatic rings. The van der Waals surface area contributed by atoms with Crippen LogP contribution in [0.2, 0.25) is 0 Å². The van der Waals surface area contributed by atoms with Crippen LogP contribution in [-0.4, -0.2) is 84.7 Å². The molecule has 0 aromatic carbocycles. The van der Waals surface area contributed by atoms with Crippen LogP contribution in [0.25, 0.3) is 0 Å². The van der Waals surface area contributed by atoms with E-state index >= 15 is 0 Å². The number of carbonyl (C=O) groups excluding carboxylic acids is 5. The van der Waals surface area contributed by atoms with Crippen molar-refractivity contribution in [2.45, 2.75) is 49.9 Å². The number of aromatic nitrogens is 4. The summed E-state index contributed by atoms with van der Waals surface area (Å²) in [6, 6.07) is -5.69. The van der Waals surface area contributed by atoms with Gasteiger partial charge in [-0.05, 0) is 0 Å². The zero-order valence-corrected chi connectivity index (χ0v) is 19.5. The number of rotatable bonds is 15. The van der Waals surface area contributed by atoms with Gasteiger partial charge in [0.05, 0.1) is 31.5 Å². The largest absolute Gasteiger partial charge is 0.480 e. The average molecular weight is 521 g/mol. The van der Waals surface area contributed by atoms with E-state index < -0.39 is 72.5 Å². The minimum atomic E-state index is -1.66. The van der Waals surface area contributed by atoms with E-state index in [9.17, 15) is 33.9 Å². The van der Waals surface area contributed by atoms with Crippen molar-refractivity contribution in [1.29, 1.82) is 0 Å². The number of carboxylic acid groups (broad SMARTS) is 1. The Labute approximate surface area is 209 Å². The van der Waals surface area contributed by atoms with Crippen LogP contribution in [0.5, 0.6) is 0 Å². The number of nitrogens with one attached hydrogen (secondary N) is 5. The van der Waals surface area contributed by atoms with Crippen LogP contribution in [0.1, 0.15) is 24.2 Å². The third kappa shape index (κ3) is 9.40. The number of nitrogens with zero attached hydrogens (tertiary/aromatic N) is 2. The van der Waals surface area contributed by atoms with Crippen LogP contribution >= 0.6 is 0 Å². The van der Waals surface area contributed by atoms with Crippen molar-refractivity contribution in [3.63, 3.8) is 0 Å². The van der Waals surface area contributed by atoms with Gasteiger partial charge in [0.2, 0.25) is 29.5 Å². The molecule has 5 amide bonds. The van der Waals surface area contributed by atoms with Crippen molar-refractivity contribution in [1.82, 2.24) is 35.9 Å². The molecular formula is C20H28N10O7. The molecule has 0 fully saturated rings. The Morgan fingerprint density at radius 3 is 1.70 bits per heavy atom. The summed E-state index contributed by atoms with van der Waals surface area (Å²) in [4.78, 5) is 85.7. The molecule has 2 aromatic heterocycles. The van der Waals surface area contributed by atoms with Gasteiger partial charge in [0, 0.05) is 36.6 Å². The standard InChI is InChI=1S/C20H28N10O7/c21-11(1-9-5-24-7-26-9)17(33)28-13(3-15(22)31)19(35)29-12(2-10-6-25-8-27-10)18(34)30-14(20(36)37)4-16(23)32/h5-8,11-14H,1-4,21H2,(H2,22,31)(H2,23,32)(H,24,26)(H,25,27)(H,28,33)(H,29,35)(H,30,34)(H,36,37). The van der Waals surface area contributed by atoms with E-state index in [-0.39, 0.29) is 12.8 Å². The summed E-state index contributed by atoms with van der Waals surface area (Å²) in [5, 5.41) is 16.1. The van der Waals surface area contributed by atoms with Gasteiger partial charge in [-0.25, -0.2) is 14.8 Å². The lowest BCUT2D eigenvalue weighted by atomic mass is 10.1. The van der Waals surface area contributed by atoms with Crippen LogP contribution < -0.4 is 33.2 Å². The summed E-state index contributed by atoms with van der Waals surface area (Å²) < 4.78 is 0. The van der Waals surface area contributed by atoms with E-state index in [2.05, 4.69) is 35.9 Å². The van der Waals surface area contributed by atoms with Crippen molar-refractivity contribution < 1.29 is 33.9 Å². The summed E-state index contributed by atoms with van der Waals surface area (Å²) >= 11 is 0. The maximum Gasteiger partial charge on any atom is 0.326 e. The number of nitrogens with two attached hydrogens (primary N) is 3. The molecule has 0 saturated carbocycles.